The Kier molecular flexibility index (Phi) is 4.57. The Hall–Kier alpha value is -4.02. The molecule has 0 spiro atoms. The summed E-state index contributed by atoms with van der Waals surface area (Å²) in [6.45, 7) is 0. The highest BCUT2D eigenvalue weighted by Gasteiger charge is 2.41. The molecule has 0 bridgehead atoms. The van der Waals surface area contributed by atoms with Gasteiger partial charge in [-0.25, -0.2) is 19.2 Å². The largest absolute Gasteiger partial charge is 0.478 e. The average Bonchev–Trinajstić information content (AvgIpc) is 3.35. The SMILES string of the molecule is O=C(O)c1ccc(-n2cnc(-c3c(-c4ccc(F)cc4)noc3C(F)(F)F)c2)nc1. The maximum atomic E-state index is 13.5. The molecular weight excluding hydrogens is 408 g/mol. The lowest BCUT2D eigenvalue weighted by molar-refractivity contribution is -0.154. The molecule has 0 aliphatic rings. The van der Waals surface area contributed by atoms with E-state index in [4.69, 9.17) is 5.11 Å². The molecule has 1 aromatic carbocycles. The van der Waals surface area contributed by atoms with Gasteiger partial charge >= 0.3 is 12.1 Å². The van der Waals surface area contributed by atoms with Crippen LogP contribution in [0.4, 0.5) is 17.6 Å². The topological polar surface area (TPSA) is 94.0 Å². The molecule has 3 heterocycles. The highest BCUT2D eigenvalue weighted by atomic mass is 19.4. The lowest BCUT2D eigenvalue weighted by Gasteiger charge is -2.05. The van der Waals surface area contributed by atoms with Crippen molar-refractivity contribution < 1.29 is 32.0 Å². The number of hydrogen-bond acceptors (Lipinski definition) is 5. The molecule has 0 radical (unpaired) electrons. The number of carboxylic acid groups (broad SMARTS) is 1. The van der Waals surface area contributed by atoms with Crippen molar-refractivity contribution in [3.8, 4) is 28.3 Å². The van der Waals surface area contributed by atoms with Crippen molar-refractivity contribution >= 4 is 5.97 Å². The van der Waals surface area contributed by atoms with Gasteiger partial charge in [0.25, 0.3) is 0 Å². The van der Waals surface area contributed by atoms with E-state index in [0.29, 0.717) is 0 Å². The van der Waals surface area contributed by atoms with Crippen LogP contribution in [0, 0.1) is 5.82 Å². The third-order valence-electron chi connectivity index (χ3n) is 4.17. The summed E-state index contributed by atoms with van der Waals surface area (Å²) in [5.41, 5.74) is -0.496. The second-order valence-electron chi connectivity index (χ2n) is 6.12. The van der Waals surface area contributed by atoms with Crippen molar-refractivity contribution in [3.05, 3.63) is 72.3 Å². The molecule has 4 rings (SSSR count). The van der Waals surface area contributed by atoms with E-state index in [1.165, 1.54) is 41.4 Å². The number of aromatic carboxylic acids is 1. The highest BCUT2D eigenvalue weighted by molar-refractivity contribution is 5.87. The van der Waals surface area contributed by atoms with Gasteiger partial charge in [0.2, 0.25) is 5.76 Å². The molecule has 0 saturated carbocycles. The molecule has 0 amide bonds. The first-order valence-corrected chi connectivity index (χ1v) is 8.31. The second kappa shape index (κ2) is 7.10. The zero-order valence-electron chi connectivity index (χ0n) is 14.8. The normalized spacial score (nSPS) is 11.6. The molecule has 0 atom stereocenters. The lowest BCUT2D eigenvalue weighted by atomic mass is 10.0. The van der Waals surface area contributed by atoms with Crippen molar-refractivity contribution in [3.63, 3.8) is 0 Å². The number of pyridine rings is 1. The van der Waals surface area contributed by atoms with Gasteiger partial charge in [0.15, 0.2) is 0 Å². The molecule has 0 aliphatic heterocycles. The van der Waals surface area contributed by atoms with Crippen molar-refractivity contribution in [1.29, 1.82) is 0 Å². The summed E-state index contributed by atoms with van der Waals surface area (Å²) in [6.07, 6.45) is -1.23. The van der Waals surface area contributed by atoms with Crippen LogP contribution < -0.4 is 0 Å². The van der Waals surface area contributed by atoms with Gasteiger partial charge in [-0.05, 0) is 36.4 Å². The average molecular weight is 418 g/mol. The number of nitrogens with zero attached hydrogens (tertiary/aromatic N) is 4. The Bertz CT molecular complexity index is 1210. The van der Waals surface area contributed by atoms with Crippen molar-refractivity contribution in [2.75, 3.05) is 0 Å². The van der Waals surface area contributed by atoms with E-state index in [0.717, 1.165) is 18.3 Å². The summed E-state index contributed by atoms with van der Waals surface area (Å²) in [4.78, 5) is 18.9. The molecule has 30 heavy (non-hydrogen) atoms. The van der Waals surface area contributed by atoms with Crippen LogP contribution in [0.5, 0.6) is 0 Å². The number of carboxylic acids is 1. The number of benzene rings is 1. The summed E-state index contributed by atoms with van der Waals surface area (Å²) in [5.74, 6) is -2.82. The van der Waals surface area contributed by atoms with Gasteiger partial charge in [-0.15, -0.1) is 0 Å². The molecule has 3 aromatic heterocycles. The maximum Gasteiger partial charge on any atom is 0.453 e. The molecule has 0 aliphatic carbocycles. The van der Waals surface area contributed by atoms with Crippen LogP contribution in [0.3, 0.4) is 0 Å². The van der Waals surface area contributed by atoms with Crippen LogP contribution in [0.1, 0.15) is 16.1 Å². The molecule has 4 aromatic rings. The number of halogens is 4. The standard InChI is InChI=1S/C19H10F4N4O3/c20-12-4-1-10(2-5-12)16-15(17(30-26-16)19(21,22)23)13-8-27(9-25-13)14-6-3-11(7-24-14)18(28)29/h1-9H,(H,28,29). The van der Waals surface area contributed by atoms with Crippen LogP contribution >= 0.6 is 0 Å². The van der Waals surface area contributed by atoms with Gasteiger partial charge in [-0.3, -0.25) is 4.57 Å². The van der Waals surface area contributed by atoms with Crippen molar-refractivity contribution in [2.45, 2.75) is 6.18 Å². The molecule has 11 heteroatoms. The Labute approximate surface area is 165 Å². The second-order valence-corrected chi connectivity index (χ2v) is 6.12. The zero-order chi connectivity index (χ0) is 21.5. The van der Waals surface area contributed by atoms with Crippen LogP contribution in [0.25, 0.3) is 28.3 Å². The van der Waals surface area contributed by atoms with Gasteiger partial charge in [0.1, 0.15) is 23.7 Å². The minimum absolute atomic E-state index is 0.0453. The number of rotatable bonds is 4. The van der Waals surface area contributed by atoms with Crippen molar-refractivity contribution in [2.24, 2.45) is 0 Å². The van der Waals surface area contributed by atoms with E-state index in [9.17, 15) is 22.4 Å². The van der Waals surface area contributed by atoms with E-state index < -0.39 is 29.3 Å². The number of hydrogen-bond donors (Lipinski definition) is 1. The predicted molar refractivity (Wildman–Crippen MR) is 94.2 cm³/mol. The first-order chi connectivity index (χ1) is 14.2. The lowest BCUT2D eigenvalue weighted by Crippen LogP contribution is -2.05. The summed E-state index contributed by atoms with van der Waals surface area (Å²) in [7, 11) is 0. The van der Waals surface area contributed by atoms with Crippen LogP contribution in [0.2, 0.25) is 0 Å². The molecule has 152 valence electrons. The van der Waals surface area contributed by atoms with Crippen molar-refractivity contribution in [1.82, 2.24) is 19.7 Å². The fourth-order valence-corrected chi connectivity index (χ4v) is 2.77. The smallest absolute Gasteiger partial charge is 0.453 e. The summed E-state index contributed by atoms with van der Waals surface area (Å²) < 4.78 is 59.5. The number of imidazole rings is 1. The molecule has 0 fully saturated rings. The fourth-order valence-electron chi connectivity index (χ4n) is 2.77. The summed E-state index contributed by atoms with van der Waals surface area (Å²) >= 11 is 0. The van der Waals surface area contributed by atoms with E-state index in [1.807, 2.05) is 0 Å². The van der Waals surface area contributed by atoms with Gasteiger partial charge in [0, 0.05) is 18.0 Å². The van der Waals surface area contributed by atoms with Crippen LogP contribution in [-0.4, -0.2) is 30.8 Å². The first kappa shape index (κ1) is 19.3. The molecule has 0 unspecified atom stereocenters. The first-order valence-electron chi connectivity index (χ1n) is 8.31. The maximum absolute atomic E-state index is 13.5. The molecular formula is C19H10F4N4O3. The van der Waals surface area contributed by atoms with E-state index in [1.54, 1.807) is 0 Å². The van der Waals surface area contributed by atoms with Crippen LogP contribution in [0.15, 0.2) is 59.6 Å². The summed E-state index contributed by atoms with van der Waals surface area (Å²) in [6, 6.07) is 7.42. The monoisotopic (exact) mass is 418 g/mol. The highest BCUT2D eigenvalue weighted by Crippen LogP contribution is 2.42. The van der Waals surface area contributed by atoms with Gasteiger partial charge in [-0.1, -0.05) is 5.16 Å². The minimum Gasteiger partial charge on any atom is -0.478 e. The number of alkyl halides is 3. The predicted octanol–water partition coefficient (Wildman–Crippen LogP) is 4.45. The Morgan fingerprint density at radius 2 is 1.80 bits per heavy atom. The molecule has 7 nitrogen and oxygen atoms in total. The van der Waals surface area contributed by atoms with E-state index in [-0.39, 0.29) is 28.3 Å². The molecule has 1 N–H and O–H groups in total. The Balaban J connectivity index is 1.81. The fraction of sp³-hybridized carbons (Fsp3) is 0.0526. The summed E-state index contributed by atoms with van der Waals surface area (Å²) in [5, 5.41) is 12.5. The van der Waals surface area contributed by atoms with E-state index in [2.05, 4.69) is 19.6 Å². The third kappa shape index (κ3) is 3.52. The Morgan fingerprint density at radius 1 is 1.07 bits per heavy atom. The zero-order valence-corrected chi connectivity index (χ0v) is 14.8. The minimum atomic E-state index is -4.84. The molecule has 0 saturated heterocycles. The van der Waals surface area contributed by atoms with Gasteiger partial charge in [-0.2, -0.15) is 13.2 Å². The van der Waals surface area contributed by atoms with Gasteiger partial charge < -0.3 is 9.63 Å². The van der Waals surface area contributed by atoms with Crippen LogP contribution in [-0.2, 0) is 6.18 Å². The third-order valence-corrected chi connectivity index (χ3v) is 4.17. The Morgan fingerprint density at radius 3 is 2.40 bits per heavy atom. The van der Waals surface area contributed by atoms with E-state index >= 15 is 0 Å². The number of aromatic nitrogens is 4. The number of carbonyl (C=O) groups is 1. The quantitative estimate of drug-likeness (QED) is 0.493. The van der Waals surface area contributed by atoms with Gasteiger partial charge in [0.05, 0.1) is 16.8 Å².